The number of nitrogens with zero attached hydrogens (tertiary/aromatic N) is 1. The summed E-state index contributed by atoms with van der Waals surface area (Å²) in [6, 6.07) is 5.70. The van der Waals surface area contributed by atoms with E-state index in [0.29, 0.717) is 13.1 Å². The van der Waals surface area contributed by atoms with E-state index in [9.17, 15) is 4.79 Å². The number of hydrogen-bond donors (Lipinski definition) is 2. The van der Waals surface area contributed by atoms with Gasteiger partial charge in [-0.15, -0.1) is 0 Å². The van der Waals surface area contributed by atoms with E-state index in [0.717, 1.165) is 12.2 Å². The summed E-state index contributed by atoms with van der Waals surface area (Å²) >= 11 is 0. The maximum absolute atomic E-state index is 11.0. The highest BCUT2D eigenvalue weighted by atomic mass is 16.4. The number of carbonyl (C=O) groups is 1. The van der Waals surface area contributed by atoms with Crippen LogP contribution in [0.25, 0.3) is 0 Å². The number of carboxylic acid groups (broad SMARTS) is 1. The molecule has 1 heterocycles. The molecule has 1 aromatic rings. The number of nitrogens with one attached hydrogen (secondary N) is 1. The number of piperazine rings is 1. The smallest absolute Gasteiger partial charge is 0.322 e. The fourth-order valence-corrected chi connectivity index (χ4v) is 2.21. The van der Waals surface area contributed by atoms with Crippen LogP contribution in [0.4, 0.5) is 5.69 Å². The van der Waals surface area contributed by atoms with Crippen molar-refractivity contribution in [1.29, 1.82) is 0 Å². The summed E-state index contributed by atoms with van der Waals surface area (Å²) in [6.45, 7) is 6.26. The molecule has 0 radical (unpaired) electrons. The number of benzene rings is 1. The van der Waals surface area contributed by atoms with Crippen LogP contribution < -0.4 is 10.2 Å². The number of carboxylic acids is 1. The monoisotopic (exact) mass is 234 g/mol. The number of hydrogen-bond acceptors (Lipinski definition) is 3. The summed E-state index contributed by atoms with van der Waals surface area (Å²) in [5, 5.41) is 12.0. The second-order valence-corrected chi connectivity index (χ2v) is 4.51. The molecule has 2 rings (SSSR count). The van der Waals surface area contributed by atoms with Crippen LogP contribution in [0, 0.1) is 13.8 Å². The Morgan fingerprint density at radius 3 is 2.94 bits per heavy atom. The van der Waals surface area contributed by atoms with Crippen LogP contribution in [0.15, 0.2) is 18.2 Å². The van der Waals surface area contributed by atoms with E-state index >= 15 is 0 Å². The van der Waals surface area contributed by atoms with E-state index in [2.05, 4.69) is 36.2 Å². The van der Waals surface area contributed by atoms with Crippen molar-refractivity contribution in [2.75, 3.05) is 24.5 Å². The van der Waals surface area contributed by atoms with Crippen LogP contribution in [-0.2, 0) is 4.79 Å². The maximum atomic E-state index is 11.0. The molecule has 1 saturated heterocycles. The summed E-state index contributed by atoms with van der Waals surface area (Å²) in [6.07, 6.45) is 0. The Morgan fingerprint density at radius 1 is 1.47 bits per heavy atom. The summed E-state index contributed by atoms with van der Waals surface area (Å²) in [5.74, 6) is -0.778. The Balaban J connectivity index is 2.22. The molecular weight excluding hydrogens is 216 g/mol. The van der Waals surface area contributed by atoms with Crippen molar-refractivity contribution in [2.24, 2.45) is 0 Å². The molecule has 4 heteroatoms. The summed E-state index contributed by atoms with van der Waals surface area (Å²) in [7, 11) is 0. The van der Waals surface area contributed by atoms with Gasteiger partial charge >= 0.3 is 5.97 Å². The van der Waals surface area contributed by atoms with Gasteiger partial charge in [0.05, 0.1) is 0 Å². The number of anilines is 1. The van der Waals surface area contributed by atoms with Gasteiger partial charge in [-0.2, -0.15) is 0 Å². The third-order valence-corrected chi connectivity index (χ3v) is 3.39. The van der Waals surface area contributed by atoms with Gasteiger partial charge in [0.25, 0.3) is 0 Å². The van der Waals surface area contributed by atoms with Crippen molar-refractivity contribution in [3.63, 3.8) is 0 Å². The molecule has 2 N–H and O–H groups in total. The molecule has 4 nitrogen and oxygen atoms in total. The standard InChI is InChI=1S/C13H18N2O2/c1-9-4-3-5-12(10(9)2)15-7-6-14-11(8-15)13(16)17/h3-5,11,14H,6-8H2,1-2H3,(H,16,17). The van der Waals surface area contributed by atoms with Crippen molar-refractivity contribution >= 4 is 11.7 Å². The van der Waals surface area contributed by atoms with Gasteiger partial charge in [0.2, 0.25) is 0 Å². The molecule has 1 aromatic carbocycles. The van der Waals surface area contributed by atoms with Gasteiger partial charge in [0, 0.05) is 25.3 Å². The molecule has 0 saturated carbocycles. The van der Waals surface area contributed by atoms with Crippen molar-refractivity contribution in [3.8, 4) is 0 Å². The van der Waals surface area contributed by atoms with Gasteiger partial charge in [0.15, 0.2) is 0 Å². The molecule has 1 atom stereocenters. The fourth-order valence-electron chi connectivity index (χ4n) is 2.21. The third kappa shape index (κ3) is 2.42. The number of aryl methyl sites for hydroxylation is 1. The summed E-state index contributed by atoms with van der Waals surface area (Å²) < 4.78 is 0. The minimum absolute atomic E-state index is 0.469. The van der Waals surface area contributed by atoms with Gasteiger partial charge < -0.3 is 15.3 Å². The summed E-state index contributed by atoms with van der Waals surface area (Å²) in [4.78, 5) is 13.1. The summed E-state index contributed by atoms with van der Waals surface area (Å²) in [5.41, 5.74) is 3.63. The Bertz CT molecular complexity index is 431. The van der Waals surface area contributed by atoms with E-state index in [1.807, 2.05) is 6.07 Å². The molecule has 0 amide bonds. The van der Waals surface area contributed by atoms with Crippen molar-refractivity contribution in [1.82, 2.24) is 5.32 Å². The van der Waals surface area contributed by atoms with Crippen LogP contribution in [0.5, 0.6) is 0 Å². The average Bonchev–Trinajstić information content (AvgIpc) is 2.33. The quantitative estimate of drug-likeness (QED) is 0.806. The Hall–Kier alpha value is -1.55. The first-order valence-corrected chi connectivity index (χ1v) is 5.87. The average molecular weight is 234 g/mol. The highest BCUT2D eigenvalue weighted by molar-refractivity contribution is 5.75. The van der Waals surface area contributed by atoms with Gasteiger partial charge in [-0.1, -0.05) is 12.1 Å². The molecule has 0 bridgehead atoms. The van der Waals surface area contributed by atoms with Crippen LogP contribution in [0.2, 0.25) is 0 Å². The maximum Gasteiger partial charge on any atom is 0.322 e. The minimum atomic E-state index is -0.778. The van der Waals surface area contributed by atoms with Gasteiger partial charge in [-0.25, -0.2) is 0 Å². The molecular formula is C13H18N2O2. The third-order valence-electron chi connectivity index (χ3n) is 3.39. The molecule has 1 aliphatic heterocycles. The Kier molecular flexibility index (Phi) is 3.33. The minimum Gasteiger partial charge on any atom is -0.480 e. The van der Waals surface area contributed by atoms with E-state index in [1.165, 1.54) is 11.1 Å². The Morgan fingerprint density at radius 2 is 2.24 bits per heavy atom. The lowest BCUT2D eigenvalue weighted by molar-refractivity contribution is -0.139. The van der Waals surface area contributed by atoms with Crippen LogP contribution >= 0.6 is 0 Å². The van der Waals surface area contributed by atoms with Gasteiger partial charge in [0.1, 0.15) is 6.04 Å². The zero-order chi connectivity index (χ0) is 12.4. The van der Waals surface area contributed by atoms with Crippen LogP contribution in [0.3, 0.4) is 0 Å². The number of aliphatic carboxylic acids is 1. The molecule has 1 fully saturated rings. The second-order valence-electron chi connectivity index (χ2n) is 4.51. The van der Waals surface area contributed by atoms with E-state index in [1.54, 1.807) is 0 Å². The first kappa shape index (κ1) is 11.9. The largest absolute Gasteiger partial charge is 0.480 e. The lowest BCUT2D eigenvalue weighted by Crippen LogP contribution is -2.54. The molecule has 0 spiro atoms. The SMILES string of the molecule is Cc1cccc(N2CCNC(C(=O)O)C2)c1C. The first-order chi connectivity index (χ1) is 8.09. The first-order valence-electron chi connectivity index (χ1n) is 5.87. The molecule has 1 unspecified atom stereocenters. The molecule has 0 aliphatic carbocycles. The molecule has 92 valence electrons. The lowest BCUT2D eigenvalue weighted by Gasteiger charge is -2.34. The van der Waals surface area contributed by atoms with E-state index < -0.39 is 12.0 Å². The predicted octanol–water partition coefficient (Wildman–Crippen LogP) is 1.17. The van der Waals surface area contributed by atoms with Crippen molar-refractivity contribution < 1.29 is 9.90 Å². The zero-order valence-corrected chi connectivity index (χ0v) is 10.2. The molecule has 0 aromatic heterocycles. The Labute approximate surface area is 101 Å². The molecule has 1 aliphatic rings. The second kappa shape index (κ2) is 4.75. The van der Waals surface area contributed by atoms with Gasteiger partial charge in [-0.05, 0) is 31.0 Å². The lowest BCUT2D eigenvalue weighted by atomic mass is 10.1. The van der Waals surface area contributed by atoms with E-state index in [-0.39, 0.29) is 0 Å². The zero-order valence-electron chi connectivity index (χ0n) is 10.2. The van der Waals surface area contributed by atoms with E-state index in [4.69, 9.17) is 5.11 Å². The highest BCUT2D eigenvalue weighted by Crippen LogP contribution is 2.23. The van der Waals surface area contributed by atoms with Crippen LogP contribution in [0.1, 0.15) is 11.1 Å². The number of rotatable bonds is 2. The van der Waals surface area contributed by atoms with Crippen molar-refractivity contribution in [2.45, 2.75) is 19.9 Å². The van der Waals surface area contributed by atoms with Crippen LogP contribution in [-0.4, -0.2) is 36.8 Å². The molecule has 17 heavy (non-hydrogen) atoms. The normalized spacial score (nSPS) is 20.4. The van der Waals surface area contributed by atoms with Crippen molar-refractivity contribution in [3.05, 3.63) is 29.3 Å². The highest BCUT2D eigenvalue weighted by Gasteiger charge is 2.25. The predicted molar refractivity (Wildman–Crippen MR) is 67.6 cm³/mol. The topological polar surface area (TPSA) is 52.6 Å². The van der Waals surface area contributed by atoms with Gasteiger partial charge in [-0.3, -0.25) is 4.79 Å². The fraction of sp³-hybridized carbons (Fsp3) is 0.462.